The van der Waals surface area contributed by atoms with Gasteiger partial charge in [0.1, 0.15) is 10.0 Å². The van der Waals surface area contributed by atoms with Crippen molar-refractivity contribution in [2.24, 2.45) is 5.73 Å². The number of rotatable bonds is 3. The fourth-order valence-corrected chi connectivity index (χ4v) is 2.92. The Balaban J connectivity index is 0.000000268. The number of carbonyl (C=O) groups is 2. The number of hydrogen-bond acceptors (Lipinski definition) is 7. The second kappa shape index (κ2) is 10.2. The molecule has 3 rings (SSSR count). The molecular weight excluding hydrogens is 344 g/mol. The molecule has 0 fully saturated rings. The summed E-state index contributed by atoms with van der Waals surface area (Å²) in [4.78, 5) is 28.8. The van der Waals surface area contributed by atoms with E-state index in [2.05, 4.69) is 9.97 Å². The lowest BCUT2D eigenvalue weighted by atomic mass is 10.3. The first-order valence-electron chi connectivity index (χ1n) is 7.05. The number of thiazole rings is 1. The molecule has 0 aliphatic carbocycles. The lowest BCUT2D eigenvalue weighted by Gasteiger charge is -1.92. The Labute approximate surface area is 148 Å². The Kier molecular flexibility index (Phi) is 8.31. The van der Waals surface area contributed by atoms with Gasteiger partial charge in [0, 0.05) is 28.9 Å². The normalized spacial score (nSPS) is 9.08. The van der Waals surface area contributed by atoms with Crippen LogP contribution >= 0.6 is 22.7 Å². The van der Waals surface area contributed by atoms with Gasteiger partial charge in [-0.1, -0.05) is 25.2 Å². The van der Waals surface area contributed by atoms with E-state index in [0.29, 0.717) is 10.0 Å². The van der Waals surface area contributed by atoms with E-state index in [1.54, 1.807) is 30.6 Å². The number of nitrogens with zero attached hydrogens (tertiary/aromatic N) is 2. The number of aldehydes is 1. The molecule has 126 valence electrons. The molecular formula is C16H18N4O2S2. The van der Waals surface area contributed by atoms with Gasteiger partial charge in [-0.05, 0) is 23.6 Å². The fraction of sp³-hybridized carbons (Fsp3) is 0.125. The first kappa shape index (κ1) is 19.5. The fourth-order valence-electron chi connectivity index (χ4n) is 1.47. The number of carbonyl (C=O) groups excluding carboxylic acids is 2. The van der Waals surface area contributed by atoms with E-state index in [1.807, 2.05) is 24.6 Å². The van der Waals surface area contributed by atoms with Crippen molar-refractivity contribution in [3.05, 3.63) is 52.6 Å². The molecule has 0 aromatic carbocycles. The lowest BCUT2D eigenvalue weighted by molar-refractivity contribution is 0.0996. The largest absolute Gasteiger partial charge is 0.389 e. The molecule has 3 heterocycles. The average molecular weight is 362 g/mol. The van der Waals surface area contributed by atoms with Gasteiger partial charge in [0.15, 0.2) is 12.0 Å². The second-order valence-corrected chi connectivity index (χ2v) is 5.82. The molecule has 4 N–H and O–H groups in total. The smallest absolute Gasteiger partial charge is 0.270 e. The van der Waals surface area contributed by atoms with E-state index in [4.69, 9.17) is 11.5 Å². The molecule has 24 heavy (non-hydrogen) atoms. The molecule has 0 unspecified atom stereocenters. The average Bonchev–Trinajstić information content (AvgIpc) is 3.27. The molecule has 0 bridgehead atoms. The van der Waals surface area contributed by atoms with E-state index in [1.165, 1.54) is 22.7 Å². The van der Waals surface area contributed by atoms with Gasteiger partial charge < -0.3 is 11.5 Å². The molecule has 0 radical (unpaired) electrons. The van der Waals surface area contributed by atoms with Crippen LogP contribution in [0.1, 0.15) is 34.7 Å². The maximum absolute atomic E-state index is 10.9. The molecule has 3 aromatic heterocycles. The molecule has 0 saturated carbocycles. The van der Waals surface area contributed by atoms with Crippen molar-refractivity contribution < 1.29 is 9.59 Å². The van der Waals surface area contributed by atoms with Gasteiger partial charge in [-0.25, -0.2) is 4.98 Å². The maximum atomic E-state index is 10.9. The Morgan fingerprint density at radius 3 is 2.29 bits per heavy atom. The standard InChI is InChI=1S/C9H8N4OS.C5H4OS.C2H6/c10-7(14)6-8(11)15-9(13-6)5-1-3-12-4-2-5;6-3-5-1-2-7-4-5;1-2/h1-4H,11H2,(H2,10,14);1-4H;1-2H3. The van der Waals surface area contributed by atoms with Crippen molar-refractivity contribution in [1.82, 2.24) is 9.97 Å². The molecule has 0 aliphatic heterocycles. The number of thiophene rings is 1. The number of hydrogen-bond donors (Lipinski definition) is 2. The lowest BCUT2D eigenvalue weighted by Crippen LogP contribution is -2.13. The highest BCUT2D eigenvalue weighted by atomic mass is 32.1. The summed E-state index contributed by atoms with van der Waals surface area (Å²) in [5.74, 6) is -0.607. The summed E-state index contributed by atoms with van der Waals surface area (Å²) in [5, 5.41) is 4.70. The third kappa shape index (κ3) is 5.56. The van der Waals surface area contributed by atoms with Gasteiger partial charge in [0.05, 0.1) is 0 Å². The number of aromatic nitrogens is 2. The van der Waals surface area contributed by atoms with Crippen molar-refractivity contribution in [3.8, 4) is 10.6 Å². The molecule has 6 nitrogen and oxygen atoms in total. The van der Waals surface area contributed by atoms with Gasteiger partial charge >= 0.3 is 0 Å². The summed E-state index contributed by atoms with van der Waals surface area (Å²) in [6.45, 7) is 4.00. The number of amides is 1. The van der Waals surface area contributed by atoms with Crippen LogP contribution in [0.3, 0.4) is 0 Å². The summed E-state index contributed by atoms with van der Waals surface area (Å²) < 4.78 is 0. The highest BCUT2D eigenvalue weighted by Crippen LogP contribution is 2.29. The van der Waals surface area contributed by atoms with Crippen LogP contribution in [0.25, 0.3) is 10.6 Å². The molecule has 0 atom stereocenters. The minimum absolute atomic E-state index is 0.131. The molecule has 1 amide bonds. The van der Waals surface area contributed by atoms with Crippen molar-refractivity contribution in [2.75, 3.05) is 5.73 Å². The minimum Gasteiger partial charge on any atom is -0.389 e. The predicted molar refractivity (Wildman–Crippen MR) is 99.3 cm³/mol. The van der Waals surface area contributed by atoms with Crippen LogP contribution in [0.2, 0.25) is 0 Å². The summed E-state index contributed by atoms with van der Waals surface area (Å²) in [6, 6.07) is 5.38. The van der Waals surface area contributed by atoms with E-state index in [9.17, 15) is 9.59 Å². The van der Waals surface area contributed by atoms with Crippen LogP contribution in [0.15, 0.2) is 41.4 Å². The molecule has 3 aromatic rings. The topological polar surface area (TPSA) is 112 Å². The number of primary amides is 1. The van der Waals surface area contributed by atoms with Crippen LogP contribution in [0.4, 0.5) is 5.00 Å². The van der Waals surface area contributed by atoms with Gasteiger partial charge in [-0.15, -0.1) is 0 Å². The SMILES string of the molecule is CC.NC(=O)c1nc(-c2ccncc2)sc1N.O=Cc1ccsc1. The molecule has 0 spiro atoms. The number of anilines is 1. The minimum atomic E-state index is -0.607. The van der Waals surface area contributed by atoms with Crippen molar-refractivity contribution >= 4 is 39.9 Å². The van der Waals surface area contributed by atoms with Crippen LogP contribution in [-0.2, 0) is 0 Å². The maximum Gasteiger partial charge on any atom is 0.270 e. The number of pyridine rings is 1. The zero-order valence-corrected chi connectivity index (χ0v) is 14.9. The molecule has 0 aliphatic rings. The van der Waals surface area contributed by atoms with Crippen LogP contribution < -0.4 is 11.5 Å². The number of nitrogen functional groups attached to an aromatic ring is 1. The second-order valence-electron chi connectivity index (χ2n) is 4.01. The third-order valence-corrected chi connectivity index (χ3v) is 4.13. The molecule has 0 saturated heterocycles. The quantitative estimate of drug-likeness (QED) is 0.693. The highest BCUT2D eigenvalue weighted by molar-refractivity contribution is 7.19. The highest BCUT2D eigenvalue weighted by Gasteiger charge is 2.13. The van der Waals surface area contributed by atoms with Gasteiger partial charge in [-0.3, -0.25) is 14.6 Å². The number of nitrogens with two attached hydrogens (primary N) is 2. The monoisotopic (exact) mass is 362 g/mol. The van der Waals surface area contributed by atoms with Gasteiger partial charge in [-0.2, -0.15) is 11.3 Å². The van der Waals surface area contributed by atoms with E-state index in [0.717, 1.165) is 17.4 Å². The summed E-state index contributed by atoms with van der Waals surface area (Å²) in [5.41, 5.74) is 12.5. The van der Waals surface area contributed by atoms with Crippen molar-refractivity contribution in [2.45, 2.75) is 13.8 Å². The van der Waals surface area contributed by atoms with Crippen molar-refractivity contribution in [1.29, 1.82) is 0 Å². The van der Waals surface area contributed by atoms with Crippen LogP contribution in [0.5, 0.6) is 0 Å². The third-order valence-electron chi connectivity index (χ3n) is 2.49. The Bertz CT molecular complexity index is 756. The first-order chi connectivity index (χ1) is 11.6. The summed E-state index contributed by atoms with van der Waals surface area (Å²) in [7, 11) is 0. The van der Waals surface area contributed by atoms with Crippen LogP contribution in [0, 0.1) is 0 Å². The van der Waals surface area contributed by atoms with Gasteiger partial charge in [0.2, 0.25) is 0 Å². The van der Waals surface area contributed by atoms with E-state index >= 15 is 0 Å². The summed E-state index contributed by atoms with van der Waals surface area (Å²) in [6.07, 6.45) is 4.14. The Hall–Kier alpha value is -2.58. The zero-order valence-electron chi connectivity index (χ0n) is 13.3. The molecule has 8 heteroatoms. The zero-order chi connectivity index (χ0) is 17.9. The van der Waals surface area contributed by atoms with Crippen LogP contribution in [-0.4, -0.2) is 22.2 Å². The first-order valence-corrected chi connectivity index (χ1v) is 8.81. The summed E-state index contributed by atoms with van der Waals surface area (Å²) >= 11 is 2.77. The van der Waals surface area contributed by atoms with Crippen molar-refractivity contribution in [3.63, 3.8) is 0 Å². The van der Waals surface area contributed by atoms with E-state index < -0.39 is 5.91 Å². The Morgan fingerprint density at radius 2 is 1.88 bits per heavy atom. The van der Waals surface area contributed by atoms with Gasteiger partial charge in [0.25, 0.3) is 5.91 Å². The Morgan fingerprint density at radius 1 is 1.21 bits per heavy atom. The predicted octanol–water partition coefficient (Wildman–Crippen LogP) is 3.47. The van der Waals surface area contributed by atoms with E-state index in [-0.39, 0.29) is 5.69 Å².